The van der Waals surface area contributed by atoms with Crippen LogP contribution < -0.4 is 14.5 Å². The van der Waals surface area contributed by atoms with E-state index in [4.69, 9.17) is 11.6 Å². The number of halogens is 4. The Balaban J connectivity index is 1.49. The molecule has 0 aliphatic carbocycles. The van der Waals surface area contributed by atoms with Gasteiger partial charge in [0.1, 0.15) is 6.54 Å². The van der Waals surface area contributed by atoms with Crippen molar-refractivity contribution in [2.75, 3.05) is 35.4 Å². The molecule has 1 amide bonds. The molecule has 0 aromatic heterocycles. The summed E-state index contributed by atoms with van der Waals surface area (Å²) in [4.78, 5) is 14.8. The van der Waals surface area contributed by atoms with Crippen LogP contribution in [0.1, 0.15) is 17.5 Å². The first-order valence-electron chi connectivity index (χ1n) is 11.6. The van der Waals surface area contributed by atoms with Crippen LogP contribution in [0.15, 0.2) is 77.7 Å². The number of rotatable bonds is 9. The number of hydrogen-bond donors (Lipinski definition) is 1. The van der Waals surface area contributed by atoms with Gasteiger partial charge >= 0.3 is 6.18 Å². The molecule has 11 heteroatoms. The molecule has 0 bridgehead atoms. The smallest absolute Gasteiger partial charge is 0.371 e. The second kappa shape index (κ2) is 11.0. The lowest BCUT2D eigenvalue weighted by atomic mass is 10.2. The van der Waals surface area contributed by atoms with Crippen LogP contribution in [0.3, 0.4) is 0 Å². The fourth-order valence-electron chi connectivity index (χ4n) is 4.22. The molecule has 196 valence electrons. The summed E-state index contributed by atoms with van der Waals surface area (Å²) in [5, 5.41) is 2.45. The van der Waals surface area contributed by atoms with E-state index in [1.807, 2.05) is 18.2 Å². The third-order valence-electron chi connectivity index (χ3n) is 6.07. The quantitative estimate of drug-likeness (QED) is 0.375. The second-order valence-corrected chi connectivity index (χ2v) is 10.8. The van der Waals surface area contributed by atoms with E-state index in [0.717, 1.165) is 30.8 Å². The van der Waals surface area contributed by atoms with Crippen molar-refractivity contribution < 1.29 is 26.4 Å². The van der Waals surface area contributed by atoms with Gasteiger partial charge in [0.2, 0.25) is 5.91 Å². The number of nitrogens with zero attached hydrogens (tertiary/aromatic N) is 2. The number of anilines is 2. The third-order valence-corrected chi connectivity index (χ3v) is 8.16. The predicted molar refractivity (Wildman–Crippen MR) is 137 cm³/mol. The Labute approximate surface area is 218 Å². The van der Waals surface area contributed by atoms with Crippen molar-refractivity contribution in [2.45, 2.75) is 23.9 Å². The van der Waals surface area contributed by atoms with E-state index >= 15 is 0 Å². The summed E-state index contributed by atoms with van der Waals surface area (Å²) >= 11 is 6.15. The number of amides is 1. The Hall–Kier alpha value is -3.24. The Kier molecular flexibility index (Phi) is 7.99. The lowest BCUT2D eigenvalue weighted by Crippen LogP contribution is -2.41. The number of alkyl halides is 3. The molecular weight excluding hydrogens is 527 g/mol. The van der Waals surface area contributed by atoms with E-state index in [0.29, 0.717) is 23.3 Å². The van der Waals surface area contributed by atoms with Crippen molar-refractivity contribution in [2.24, 2.45) is 0 Å². The van der Waals surface area contributed by atoms with Gasteiger partial charge in [-0.2, -0.15) is 13.2 Å². The van der Waals surface area contributed by atoms with E-state index in [-0.39, 0.29) is 16.5 Å². The number of sulfonamides is 1. The maximum Gasteiger partial charge on any atom is 0.416 e. The minimum atomic E-state index is -4.72. The van der Waals surface area contributed by atoms with Gasteiger partial charge in [0, 0.05) is 25.3 Å². The Morgan fingerprint density at radius 3 is 2.46 bits per heavy atom. The third kappa shape index (κ3) is 6.19. The topological polar surface area (TPSA) is 69.7 Å². The minimum Gasteiger partial charge on any atom is -0.371 e. The fraction of sp³-hybridized carbons (Fsp3) is 0.269. The Bertz CT molecular complexity index is 1370. The van der Waals surface area contributed by atoms with Crippen molar-refractivity contribution in [3.8, 4) is 0 Å². The highest BCUT2D eigenvalue weighted by molar-refractivity contribution is 7.92. The normalized spacial score (nSPS) is 13.4. The first kappa shape index (κ1) is 26.8. The van der Waals surface area contributed by atoms with Gasteiger partial charge in [-0.1, -0.05) is 48.0 Å². The van der Waals surface area contributed by atoms with Crippen molar-refractivity contribution in [1.29, 1.82) is 0 Å². The van der Waals surface area contributed by atoms with Gasteiger partial charge in [0.05, 0.1) is 21.2 Å². The number of hydrogen-bond acceptors (Lipinski definition) is 4. The summed E-state index contributed by atoms with van der Waals surface area (Å²) in [7, 11) is -4.40. The lowest BCUT2D eigenvalue weighted by molar-refractivity contribution is -0.137. The summed E-state index contributed by atoms with van der Waals surface area (Å²) < 4.78 is 67.6. The number of carbonyl (C=O) groups is 1. The van der Waals surface area contributed by atoms with Gasteiger partial charge in [-0.05, 0) is 54.8 Å². The Morgan fingerprint density at radius 2 is 1.73 bits per heavy atom. The Morgan fingerprint density at radius 1 is 1.03 bits per heavy atom. The molecule has 0 saturated carbocycles. The first-order chi connectivity index (χ1) is 17.6. The highest BCUT2D eigenvalue weighted by atomic mass is 35.5. The molecule has 0 radical (unpaired) electrons. The first-order valence-corrected chi connectivity index (χ1v) is 13.4. The summed E-state index contributed by atoms with van der Waals surface area (Å²) in [6, 6.07) is 17.6. The molecular formula is C26H25ClF3N3O3S. The molecule has 0 unspecified atom stereocenters. The summed E-state index contributed by atoms with van der Waals surface area (Å²) in [6.07, 6.45) is -3.17. The van der Waals surface area contributed by atoms with Crippen LogP contribution in [0.4, 0.5) is 24.5 Å². The molecule has 1 N–H and O–H groups in total. The van der Waals surface area contributed by atoms with Crippen LogP contribution in [0.2, 0.25) is 5.02 Å². The van der Waals surface area contributed by atoms with Gasteiger partial charge in [0.25, 0.3) is 10.0 Å². The largest absolute Gasteiger partial charge is 0.416 e. The minimum absolute atomic E-state index is 0.177. The summed E-state index contributed by atoms with van der Waals surface area (Å²) in [5.41, 5.74) is 0.926. The van der Waals surface area contributed by atoms with E-state index in [1.54, 1.807) is 6.07 Å². The van der Waals surface area contributed by atoms with E-state index in [9.17, 15) is 26.4 Å². The lowest BCUT2D eigenvalue weighted by Gasteiger charge is -2.26. The van der Waals surface area contributed by atoms with E-state index in [1.165, 1.54) is 29.8 Å². The van der Waals surface area contributed by atoms with E-state index in [2.05, 4.69) is 16.3 Å². The molecule has 3 aromatic rings. The molecule has 0 saturated heterocycles. The van der Waals surface area contributed by atoms with Gasteiger partial charge in [0.15, 0.2) is 0 Å². The molecule has 6 nitrogen and oxygen atoms in total. The number of fused-ring (bicyclic) bond motifs is 1. The molecule has 0 spiro atoms. The molecule has 0 fully saturated rings. The summed E-state index contributed by atoms with van der Waals surface area (Å²) in [5.74, 6) is -0.658. The van der Waals surface area contributed by atoms with Crippen molar-refractivity contribution in [3.05, 3.63) is 88.9 Å². The van der Waals surface area contributed by atoms with Gasteiger partial charge < -0.3 is 10.2 Å². The number of para-hydroxylation sites is 1. The standard InChI is InChI=1S/C26H25ClF3N3O3S/c27-22-12-11-20(26(28,29)30)17-24(22)33(37(35,36)21-8-2-1-3-9-21)18-25(34)31-14-6-15-32-16-13-19-7-4-5-10-23(19)32/h1-5,7-12,17H,6,13-16,18H2,(H,31,34). The molecule has 1 heterocycles. The van der Waals surface area contributed by atoms with Crippen LogP contribution >= 0.6 is 11.6 Å². The van der Waals surface area contributed by atoms with Gasteiger partial charge in [-0.25, -0.2) is 8.42 Å². The number of nitrogens with one attached hydrogen (secondary N) is 1. The van der Waals surface area contributed by atoms with Crippen LogP contribution in [0, 0.1) is 0 Å². The van der Waals surface area contributed by atoms with Crippen molar-refractivity contribution in [3.63, 3.8) is 0 Å². The highest BCUT2D eigenvalue weighted by Crippen LogP contribution is 2.37. The summed E-state index contributed by atoms with van der Waals surface area (Å²) in [6.45, 7) is 1.12. The average Bonchev–Trinajstić information content (AvgIpc) is 3.28. The maximum atomic E-state index is 13.4. The second-order valence-electron chi connectivity index (χ2n) is 8.56. The zero-order chi connectivity index (χ0) is 26.6. The molecule has 1 aliphatic rings. The van der Waals surface area contributed by atoms with Crippen LogP contribution in [-0.2, 0) is 27.4 Å². The highest BCUT2D eigenvalue weighted by Gasteiger charge is 2.34. The predicted octanol–water partition coefficient (Wildman–Crippen LogP) is 5.12. The van der Waals surface area contributed by atoms with Crippen molar-refractivity contribution in [1.82, 2.24) is 5.32 Å². The molecule has 3 aromatic carbocycles. The van der Waals surface area contributed by atoms with Crippen LogP contribution in [-0.4, -0.2) is 40.5 Å². The monoisotopic (exact) mass is 551 g/mol. The molecule has 37 heavy (non-hydrogen) atoms. The van der Waals surface area contributed by atoms with E-state index < -0.39 is 39.9 Å². The van der Waals surface area contributed by atoms with Gasteiger partial charge in [-0.3, -0.25) is 9.10 Å². The molecule has 0 atom stereocenters. The van der Waals surface area contributed by atoms with Crippen LogP contribution in [0.25, 0.3) is 0 Å². The SMILES string of the molecule is O=C(CN(c1cc(C(F)(F)F)ccc1Cl)S(=O)(=O)c1ccccc1)NCCCN1CCc2ccccc21. The zero-order valence-corrected chi connectivity index (χ0v) is 21.3. The number of carbonyl (C=O) groups excluding carboxylic acids is 1. The average molecular weight is 552 g/mol. The van der Waals surface area contributed by atoms with Crippen molar-refractivity contribution >= 4 is 38.9 Å². The molecule has 1 aliphatic heterocycles. The maximum absolute atomic E-state index is 13.4. The molecule has 4 rings (SSSR count). The number of benzene rings is 3. The zero-order valence-electron chi connectivity index (χ0n) is 19.7. The fourth-order valence-corrected chi connectivity index (χ4v) is 5.94. The van der Waals surface area contributed by atoms with Gasteiger partial charge in [-0.15, -0.1) is 0 Å². The van der Waals surface area contributed by atoms with Crippen LogP contribution in [0.5, 0.6) is 0 Å².